The number of fused-ring (bicyclic) bond motifs is 1. The van der Waals surface area contributed by atoms with Crippen LogP contribution in [0.3, 0.4) is 0 Å². The van der Waals surface area contributed by atoms with Crippen molar-refractivity contribution >= 4 is 35.0 Å². The lowest BCUT2D eigenvalue weighted by Gasteiger charge is -2.28. The van der Waals surface area contributed by atoms with Crippen molar-refractivity contribution in [3.63, 3.8) is 0 Å². The molecular weight excluding hydrogens is 541 g/mol. The summed E-state index contributed by atoms with van der Waals surface area (Å²) in [7, 11) is 0. The quantitative estimate of drug-likeness (QED) is 0.322. The van der Waals surface area contributed by atoms with Gasteiger partial charge in [0.15, 0.2) is 5.41 Å². The molecule has 2 heterocycles. The van der Waals surface area contributed by atoms with E-state index in [1.807, 2.05) is 13.8 Å². The Hall–Kier alpha value is -3.90. The molecule has 10 nitrogen and oxygen atoms in total. The molecule has 2 aromatic rings. The van der Waals surface area contributed by atoms with Gasteiger partial charge in [-0.1, -0.05) is 6.07 Å². The maximum absolute atomic E-state index is 13.7. The van der Waals surface area contributed by atoms with E-state index in [9.17, 15) is 32.3 Å². The van der Waals surface area contributed by atoms with Gasteiger partial charge in [0.1, 0.15) is 18.3 Å². The molecule has 1 aliphatic heterocycles. The van der Waals surface area contributed by atoms with Gasteiger partial charge in [-0.25, -0.2) is 0 Å². The third-order valence-corrected chi connectivity index (χ3v) is 8.11. The van der Waals surface area contributed by atoms with Gasteiger partial charge in [0.25, 0.3) is 5.91 Å². The summed E-state index contributed by atoms with van der Waals surface area (Å²) in [4.78, 5) is 52.4. The van der Waals surface area contributed by atoms with Gasteiger partial charge in [-0.05, 0) is 82.4 Å². The standard InChI is InChI=1S/C28H33F3N6O4/c1-14(2)37-20(10-11-33-37)23(38)36-22(21(15-4-5-15)16-6-7-16)24(39)34-17-8-9-18-19(12-17)35-26(41)27(18,3)25(40)32-13-28(29,30)31/h8-12,14-16,21-22H,4-7,13H2,1-3H3,(H,32,40)(H,34,39)(H,35,41)(H,36,38)/t22-,27+/m0/s1. The highest BCUT2D eigenvalue weighted by Crippen LogP contribution is 2.51. The smallest absolute Gasteiger partial charge is 0.346 e. The molecule has 220 valence electrons. The van der Waals surface area contributed by atoms with E-state index in [1.165, 1.54) is 25.1 Å². The average Bonchev–Trinajstić information content (AvgIpc) is 3.84. The summed E-state index contributed by atoms with van der Waals surface area (Å²) in [6.45, 7) is 3.50. The Morgan fingerprint density at radius 1 is 1.12 bits per heavy atom. The van der Waals surface area contributed by atoms with E-state index < -0.39 is 47.8 Å². The van der Waals surface area contributed by atoms with Crippen LogP contribution in [-0.2, 0) is 19.8 Å². The lowest BCUT2D eigenvalue weighted by atomic mass is 9.82. The van der Waals surface area contributed by atoms with E-state index in [-0.39, 0.29) is 23.2 Å². The molecule has 1 aromatic heterocycles. The van der Waals surface area contributed by atoms with Crippen molar-refractivity contribution in [1.82, 2.24) is 20.4 Å². The normalized spacial score (nSPS) is 20.9. The number of rotatable bonds is 10. The summed E-state index contributed by atoms with van der Waals surface area (Å²) >= 11 is 0. The number of alkyl halides is 3. The Morgan fingerprint density at radius 3 is 2.37 bits per heavy atom. The summed E-state index contributed by atoms with van der Waals surface area (Å²) < 4.78 is 39.6. The van der Waals surface area contributed by atoms with Crippen LogP contribution in [0.4, 0.5) is 24.5 Å². The SMILES string of the molecule is CC(C)n1nccc1C(=O)N[C@H](C(=O)Nc1ccc2c(c1)NC(=O)[C@@]2(C)C(=O)NCC(F)(F)F)C(C1CC1)C1CC1. The van der Waals surface area contributed by atoms with Crippen LogP contribution in [0, 0.1) is 17.8 Å². The van der Waals surface area contributed by atoms with Gasteiger partial charge < -0.3 is 21.3 Å². The fraction of sp³-hybridized carbons (Fsp3) is 0.536. The molecule has 4 N–H and O–H groups in total. The molecular formula is C28H33F3N6O4. The molecule has 2 aliphatic carbocycles. The lowest BCUT2D eigenvalue weighted by molar-refractivity contribution is -0.144. The van der Waals surface area contributed by atoms with E-state index >= 15 is 0 Å². The first-order valence-electron chi connectivity index (χ1n) is 13.8. The highest BCUT2D eigenvalue weighted by molar-refractivity contribution is 6.20. The summed E-state index contributed by atoms with van der Waals surface area (Å²) in [5.74, 6) is -2.01. The number of carbonyl (C=O) groups excluding carboxylic acids is 4. The van der Waals surface area contributed by atoms with E-state index in [2.05, 4.69) is 21.0 Å². The molecule has 41 heavy (non-hydrogen) atoms. The molecule has 0 radical (unpaired) electrons. The number of benzene rings is 1. The van der Waals surface area contributed by atoms with Gasteiger partial charge in [0, 0.05) is 29.2 Å². The minimum Gasteiger partial charge on any atom is -0.346 e. The van der Waals surface area contributed by atoms with Gasteiger partial charge in [-0.2, -0.15) is 18.3 Å². The average molecular weight is 575 g/mol. The van der Waals surface area contributed by atoms with Gasteiger partial charge in [0.05, 0.1) is 0 Å². The first-order chi connectivity index (χ1) is 19.3. The number of carbonyl (C=O) groups is 4. The third kappa shape index (κ3) is 5.80. The van der Waals surface area contributed by atoms with E-state index in [0.717, 1.165) is 25.7 Å². The summed E-state index contributed by atoms with van der Waals surface area (Å²) in [5.41, 5.74) is -0.805. The van der Waals surface area contributed by atoms with Crippen LogP contribution in [0.15, 0.2) is 30.5 Å². The highest BCUT2D eigenvalue weighted by atomic mass is 19.4. The van der Waals surface area contributed by atoms with Crippen LogP contribution < -0.4 is 21.3 Å². The largest absolute Gasteiger partial charge is 0.405 e. The van der Waals surface area contributed by atoms with E-state index in [1.54, 1.807) is 22.3 Å². The van der Waals surface area contributed by atoms with Crippen LogP contribution in [0.1, 0.15) is 68.5 Å². The molecule has 1 aromatic carbocycles. The minimum atomic E-state index is -4.63. The second-order valence-electron chi connectivity index (χ2n) is 11.6. The molecule has 5 rings (SSSR count). The molecule has 13 heteroatoms. The van der Waals surface area contributed by atoms with Gasteiger partial charge >= 0.3 is 6.18 Å². The van der Waals surface area contributed by atoms with Gasteiger partial charge in [-0.3, -0.25) is 23.9 Å². The molecule has 0 unspecified atom stereocenters. The molecule has 0 saturated heterocycles. The number of amides is 4. The van der Waals surface area contributed by atoms with Crippen molar-refractivity contribution in [1.29, 1.82) is 0 Å². The summed E-state index contributed by atoms with van der Waals surface area (Å²) in [6, 6.07) is 5.14. The number of anilines is 2. The monoisotopic (exact) mass is 574 g/mol. The van der Waals surface area contributed by atoms with Crippen LogP contribution in [0.5, 0.6) is 0 Å². The maximum Gasteiger partial charge on any atom is 0.405 e. The minimum absolute atomic E-state index is 0.0240. The Kier molecular flexibility index (Phi) is 7.33. The number of aromatic nitrogens is 2. The second-order valence-corrected chi connectivity index (χ2v) is 11.6. The fourth-order valence-corrected chi connectivity index (χ4v) is 5.68. The zero-order chi connectivity index (χ0) is 29.7. The Morgan fingerprint density at radius 2 is 1.78 bits per heavy atom. The molecule has 0 spiro atoms. The fourth-order valence-electron chi connectivity index (χ4n) is 5.68. The number of hydrogen-bond acceptors (Lipinski definition) is 5. The Balaban J connectivity index is 1.36. The van der Waals surface area contributed by atoms with Gasteiger partial charge in [0.2, 0.25) is 17.7 Å². The second kappa shape index (κ2) is 10.5. The number of nitrogens with one attached hydrogen (secondary N) is 4. The molecule has 3 aliphatic rings. The topological polar surface area (TPSA) is 134 Å². The van der Waals surface area contributed by atoms with E-state index in [0.29, 0.717) is 23.2 Å². The van der Waals surface area contributed by atoms with Crippen molar-refractivity contribution < 1.29 is 32.3 Å². The number of nitrogens with zero attached hydrogens (tertiary/aromatic N) is 2. The first kappa shape index (κ1) is 28.6. The van der Waals surface area contributed by atoms with Crippen molar-refractivity contribution in [2.24, 2.45) is 17.8 Å². The molecule has 2 fully saturated rings. The Labute approximate surface area is 234 Å². The number of halogens is 3. The molecule has 4 amide bonds. The van der Waals surface area contributed by atoms with Gasteiger partial charge in [-0.15, -0.1) is 0 Å². The lowest BCUT2D eigenvalue weighted by Crippen LogP contribution is -2.50. The molecule has 0 bridgehead atoms. The first-order valence-corrected chi connectivity index (χ1v) is 13.8. The summed E-state index contributed by atoms with van der Waals surface area (Å²) in [5, 5.41) is 14.4. The molecule has 2 saturated carbocycles. The van der Waals surface area contributed by atoms with Crippen LogP contribution in [0.2, 0.25) is 0 Å². The third-order valence-electron chi connectivity index (χ3n) is 8.11. The molecule has 2 atom stereocenters. The Bertz CT molecular complexity index is 1370. The maximum atomic E-state index is 13.7. The van der Waals surface area contributed by atoms with Crippen LogP contribution >= 0.6 is 0 Å². The van der Waals surface area contributed by atoms with Crippen LogP contribution in [0.25, 0.3) is 0 Å². The van der Waals surface area contributed by atoms with Crippen molar-refractivity contribution in [3.05, 3.63) is 41.7 Å². The van der Waals surface area contributed by atoms with Crippen molar-refractivity contribution in [3.8, 4) is 0 Å². The zero-order valence-electron chi connectivity index (χ0n) is 23.0. The predicted molar refractivity (Wildman–Crippen MR) is 143 cm³/mol. The van der Waals surface area contributed by atoms with Crippen molar-refractivity contribution in [2.75, 3.05) is 17.2 Å². The van der Waals surface area contributed by atoms with Crippen LogP contribution in [-0.4, -0.2) is 52.2 Å². The number of hydrogen-bond donors (Lipinski definition) is 4. The summed E-state index contributed by atoms with van der Waals surface area (Å²) in [6.07, 6.45) is 0.876. The highest BCUT2D eigenvalue weighted by Gasteiger charge is 2.51. The van der Waals surface area contributed by atoms with Crippen molar-refractivity contribution in [2.45, 2.75) is 70.1 Å². The van der Waals surface area contributed by atoms with E-state index in [4.69, 9.17) is 0 Å². The zero-order valence-corrected chi connectivity index (χ0v) is 23.0. The predicted octanol–water partition coefficient (Wildman–Crippen LogP) is 3.53.